The van der Waals surface area contributed by atoms with Gasteiger partial charge in [-0.15, -0.1) is 0 Å². The average Bonchev–Trinajstić information content (AvgIpc) is 2.84. The summed E-state index contributed by atoms with van der Waals surface area (Å²) in [5.41, 5.74) is 1.32. The molecule has 2 N–H and O–H groups in total. The summed E-state index contributed by atoms with van der Waals surface area (Å²) in [4.78, 5) is 16.2. The summed E-state index contributed by atoms with van der Waals surface area (Å²) in [6.45, 7) is 0. The monoisotopic (exact) mass is 470 g/mol. The van der Waals surface area contributed by atoms with E-state index in [-0.39, 0.29) is 5.91 Å². The Morgan fingerprint density at radius 3 is 2.41 bits per heavy atom. The van der Waals surface area contributed by atoms with E-state index >= 15 is 0 Å². The van der Waals surface area contributed by atoms with Gasteiger partial charge in [0, 0.05) is 19.3 Å². The van der Waals surface area contributed by atoms with Gasteiger partial charge in [0.2, 0.25) is 5.91 Å². The van der Waals surface area contributed by atoms with Gasteiger partial charge in [-0.1, -0.05) is 30.3 Å². The number of likely N-dealkylation sites (N-methyl/N-ethyl adjacent to an activating group) is 1. The smallest absolute Gasteiger partial charge is 0.358 e. The number of halogens is 4. The van der Waals surface area contributed by atoms with Crippen LogP contribution in [0.5, 0.6) is 0 Å². The summed E-state index contributed by atoms with van der Waals surface area (Å²) in [6, 6.07) is 15.5. The van der Waals surface area contributed by atoms with Crippen molar-refractivity contribution in [1.82, 2.24) is 15.6 Å². The van der Waals surface area contributed by atoms with Gasteiger partial charge >= 0.3 is 6.18 Å². The van der Waals surface area contributed by atoms with E-state index in [4.69, 9.17) is 0 Å². The van der Waals surface area contributed by atoms with E-state index in [2.05, 4.69) is 21.7 Å². The van der Waals surface area contributed by atoms with Crippen LogP contribution in [0.4, 0.5) is 17.6 Å². The number of carbonyl (C=O) groups excluding carboxylic acids is 1. The van der Waals surface area contributed by atoms with E-state index in [1.807, 2.05) is 0 Å². The zero-order chi connectivity index (χ0) is 24.7. The Hall–Kier alpha value is -3.77. The van der Waals surface area contributed by atoms with E-state index in [9.17, 15) is 27.6 Å². The van der Waals surface area contributed by atoms with E-state index in [0.717, 1.165) is 11.6 Å². The van der Waals surface area contributed by atoms with Crippen LogP contribution < -0.4 is 10.6 Å². The number of carbonyl (C=O) groups is 1. The maximum atomic E-state index is 13.4. The number of amides is 1. The minimum atomic E-state index is -4.52. The molecule has 0 spiro atoms. The SMILES string of the molecule is CNC(=O)C(N[C@H](CCc1ccc(C(F)(F)F)nc1)c1cccc(C#N)c1)c1ccc(F)cc1. The van der Waals surface area contributed by atoms with Crippen molar-refractivity contribution in [3.63, 3.8) is 0 Å². The van der Waals surface area contributed by atoms with Crippen LogP contribution >= 0.6 is 0 Å². The highest BCUT2D eigenvalue weighted by atomic mass is 19.4. The molecule has 9 heteroatoms. The number of alkyl halides is 3. The molecule has 5 nitrogen and oxygen atoms in total. The van der Waals surface area contributed by atoms with Crippen LogP contribution in [0.3, 0.4) is 0 Å². The molecule has 0 radical (unpaired) electrons. The number of benzene rings is 2. The quantitative estimate of drug-likeness (QED) is 0.461. The summed E-state index contributed by atoms with van der Waals surface area (Å²) in [7, 11) is 1.49. The first kappa shape index (κ1) is 24.9. The number of aryl methyl sites for hydroxylation is 1. The molecule has 34 heavy (non-hydrogen) atoms. The first-order valence-corrected chi connectivity index (χ1v) is 10.5. The Bertz CT molecular complexity index is 1160. The molecule has 2 atom stereocenters. The van der Waals surface area contributed by atoms with E-state index < -0.39 is 29.8 Å². The second-order valence-corrected chi connectivity index (χ2v) is 7.64. The molecule has 0 fully saturated rings. The Labute approximate surface area is 194 Å². The number of nitrogens with one attached hydrogen (secondary N) is 2. The van der Waals surface area contributed by atoms with Crippen LogP contribution in [0, 0.1) is 17.1 Å². The molecule has 3 aromatic rings. The topological polar surface area (TPSA) is 77.8 Å². The zero-order valence-corrected chi connectivity index (χ0v) is 18.2. The summed E-state index contributed by atoms with van der Waals surface area (Å²) in [6.07, 6.45) is -2.57. The number of rotatable bonds is 8. The molecular formula is C25H22F4N4O. The van der Waals surface area contributed by atoms with Gasteiger partial charge in [0.25, 0.3) is 0 Å². The predicted molar refractivity (Wildman–Crippen MR) is 118 cm³/mol. The first-order valence-electron chi connectivity index (χ1n) is 10.5. The summed E-state index contributed by atoms with van der Waals surface area (Å²) in [5.74, 6) is -0.781. The molecule has 1 aromatic heterocycles. The van der Waals surface area contributed by atoms with Crippen LogP contribution in [0.25, 0.3) is 0 Å². The molecule has 0 saturated carbocycles. The van der Waals surface area contributed by atoms with Gasteiger partial charge in [0.1, 0.15) is 17.6 Å². The fraction of sp³-hybridized carbons (Fsp3) is 0.240. The highest BCUT2D eigenvalue weighted by Crippen LogP contribution is 2.28. The number of hydrogen-bond acceptors (Lipinski definition) is 4. The number of nitriles is 1. The standard InChI is InChI=1S/C25H22F4N4O/c1-31-24(34)23(18-7-9-20(26)10-8-18)33-21(19-4-2-3-17(13-19)14-30)11-5-16-6-12-22(32-15-16)25(27,28)29/h2-4,6-10,12-13,15,21,23,33H,5,11H2,1H3,(H,31,34)/t21-,23?/m1/s1. The van der Waals surface area contributed by atoms with E-state index in [1.165, 1.54) is 43.6 Å². The number of aromatic nitrogens is 1. The summed E-state index contributed by atoms with van der Waals surface area (Å²) in [5, 5.41) is 15.1. The molecule has 176 valence electrons. The lowest BCUT2D eigenvalue weighted by Crippen LogP contribution is -2.38. The molecule has 0 saturated heterocycles. The molecule has 3 rings (SSSR count). The largest absolute Gasteiger partial charge is 0.433 e. The minimum absolute atomic E-state index is 0.343. The highest BCUT2D eigenvalue weighted by Gasteiger charge is 2.32. The second kappa shape index (κ2) is 10.9. The Balaban J connectivity index is 1.89. The zero-order valence-electron chi connectivity index (χ0n) is 18.2. The number of nitrogens with zero attached hydrogens (tertiary/aromatic N) is 2. The van der Waals surface area contributed by atoms with Crippen molar-refractivity contribution in [2.24, 2.45) is 0 Å². The van der Waals surface area contributed by atoms with Crippen molar-refractivity contribution in [2.75, 3.05) is 7.05 Å². The van der Waals surface area contributed by atoms with Crippen molar-refractivity contribution in [3.8, 4) is 6.07 Å². The molecule has 0 aliphatic rings. The molecule has 0 bridgehead atoms. The van der Waals surface area contributed by atoms with E-state index in [1.54, 1.807) is 24.3 Å². The van der Waals surface area contributed by atoms with Gasteiger partial charge in [-0.05, 0) is 59.9 Å². The van der Waals surface area contributed by atoms with Crippen LogP contribution in [-0.2, 0) is 17.4 Å². The fourth-order valence-corrected chi connectivity index (χ4v) is 3.55. The normalized spacial score (nSPS) is 13.1. The molecule has 1 heterocycles. The first-order chi connectivity index (χ1) is 16.2. The molecular weight excluding hydrogens is 448 g/mol. The summed E-state index contributed by atoms with van der Waals surface area (Å²) >= 11 is 0. The van der Waals surface area contributed by atoms with Crippen LogP contribution in [0.2, 0.25) is 0 Å². The van der Waals surface area contributed by atoms with Crippen molar-refractivity contribution in [3.05, 3.63) is 101 Å². The van der Waals surface area contributed by atoms with E-state index in [0.29, 0.717) is 29.5 Å². The lowest BCUT2D eigenvalue weighted by molar-refractivity contribution is -0.141. The van der Waals surface area contributed by atoms with Crippen molar-refractivity contribution < 1.29 is 22.4 Å². The summed E-state index contributed by atoms with van der Waals surface area (Å²) < 4.78 is 51.8. The molecule has 2 aromatic carbocycles. The predicted octanol–water partition coefficient (Wildman–Crippen LogP) is 4.86. The van der Waals surface area contributed by atoms with Crippen molar-refractivity contribution >= 4 is 5.91 Å². The van der Waals surface area contributed by atoms with Crippen LogP contribution in [0.1, 0.15) is 46.5 Å². The Morgan fingerprint density at radius 2 is 1.82 bits per heavy atom. The molecule has 0 aliphatic carbocycles. The van der Waals surface area contributed by atoms with Crippen LogP contribution in [-0.4, -0.2) is 17.9 Å². The van der Waals surface area contributed by atoms with Gasteiger partial charge in [0.15, 0.2) is 0 Å². The third-order valence-electron chi connectivity index (χ3n) is 5.33. The third kappa shape index (κ3) is 6.39. The lowest BCUT2D eigenvalue weighted by atomic mass is 9.95. The Morgan fingerprint density at radius 1 is 1.09 bits per heavy atom. The number of hydrogen-bond donors (Lipinski definition) is 2. The Kier molecular flexibility index (Phi) is 7.97. The molecule has 1 amide bonds. The minimum Gasteiger partial charge on any atom is -0.358 e. The molecule has 1 unspecified atom stereocenters. The number of pyridine rings is 1. The fourth-order valence-electron chi connectivity index (χ4n) is 3.55. The second-order valence-electron chi connectivity index (χ2n) is 7.64. The average molecular weight is 470 g/mol. The van der Waals surface area contributed by atoms with Crippen LogP contribution in [0.15, 0.2) is 66.9 Å². The van der Waals surface area contributed by atoms with Gasteiger partial charge < -0.3 is 5.32 Å². The van der Waals surface area contributed by atoms with Gasteiger partial charge in [0.05, 0.1) is 11.6 Å². The molecule has 0 aliphatic heterocycles. The van der Waals surface area contributed by atoms with Gasteiger partial charge in [-0.3, -0.25) is 15.1 Å². The van der Waals surface area contributed by atoms with Crippen molar-refractivity contribution in [2.45, 2.75) is 31.1 Å². The van der Waals surface area contributed by atoms with Gasteiger partial charge in [-0.2, -0.15) is 18.4 Å². The van der Waals surface area contributed by atoms with Gasteiger partial charge in [-0.25, -0.2) is 4.39 Å². The third-order valence-corrected chi connectivity index (χ3v) is 5.33. The highest BCUT2D eigenvalue weighted by molar-refractivity contribution is 5.83. The maximum Gasteiger partial charge on any atom is 0.433 e. The van der Waals surface area contributed by atoms with Crippen molar-refractivity contribution in [1.29, 1.82) is 5.26 Å². The maximum absolute atomic E-state index is 13.4. The lowest BCUT2D eigenvalue weighted by Gasteiger charge is -2.26.